The Labute approximate surface area is 145 Å². The lowest BCUT2D eigenvalue weighted by molar-refractivity contribution is -0.138. The SMILES string of the molecule is CCC1NSOCC1C1CC(F)CC(C(=O)NCC(N)C(=O)O)C1. The van der Waals surface area contributed by atoms with Gasteiger partial charge in [0.25, 0.3) is 0 Å². The maximum absolute atomic E-state index is 14.2. The molecule has 2 aliphatic rings. The van der Waals surface area contributed by atoms with Crippen molar-refractivity contribution in [2.24, 2.45) is 23.5 Å². The van der Waals surface area contributed by atoms with Crippen LogP contribution in [0.3, 0.4) is 0 Å². The first-order chi connectivity index (χ1) is 11.4. The Morgan fingerprint density at radius 2 is 2.21 bits per heavy atom. The highest BCUT2D eigenvalue weighted by molar-refractivity contribution is 7.92. The Morgan fingerprint density at radius 1 is 1.46 bits per heavy atom. The van der Waals surface area contributed by atoms with Crippen LogP contribution in [0.15, 0.2) is 0 Å². The van der Waals surface area contributed by atoms with Gasteiger partial charge in [-0.25, -0.2) is 9.11 Å². The molecule has 0 spiro atoms. The number of carboxylic acid groups (broad SMARTS) is 1. The van der Waals surface area contributed by atoms with Gasteiger partial charge in [-0.3, -0.25) is 9.59 Å². The highest BCUT2D eigenvalue weighted by Crippen LogP contribution is 2.39. The lowest BCUT2D eigenvalue weighted by Gasteiger charge is -2.40. The van der Waals surface area contributed by atoms with E-state index >= 15 is 0 Å². The van der Waals surface area contributed by atoms with Gasteiger partial charge in [0.05, 0.1) is 18.8 Å². The molecule has 6 atom stereocenters. The molecule has 1 amide bonds. The quantitative estimate of drug-likeness (QED) is 0.409. The zero-order valence-electron chi connectivity index (χ0n) is 13.7. The van der Waals surface area contributed by atoms with Crippen LogP contribution in [0.25, 0.3) is 0 Å². The average Bonchev–Trinajstić information content (AvgIpc) is 2.58. The molecule has 1 saturated heterocycles. The fourth-order valence-electron chi connectivity index (χ4n) is 3.56. The predicted molar refractivity (Wildman–Crippen MR) is 88.6 cm³/mol. The van der Waals surface area contributed by atoms with Crippen molar-refractivity contribution in [3.63, 3.8) is 0 Å². The summed E-state index contributed by atoms with van der Waals surface area (Å²) in [5.41, 5.74) is 5.39. The highest BCUT2D eigenvalue weighted by atomic mass is 32.2. The molecule has 0 bridgehead atoms. The molecule has 9 heteroatoms. The molecule has 2 rings (SSSR count). The van der Waals surface area contributed by atoms with Crippen molar-refractivity contribution in [1.82, 2.24) is 10.0 Å². The van der Waals surface area contributed by atoms with Gasteiger partial charge in [-0.15, -0.1) is 0 Å². The second kappa shape index (κ2) is 8.98. The van der Waals surface area contributed by atoms with Crippen LogP contribution in [0, 0.1) is 17.8 Å². The van der Waals surface area contributed by atoms with Crippen LogP contribution >= 0.6 is 12.2 Å². The second-order valence-corrected chi connectivity index (χ2v) is 7.25. The minimum Gasteiger partial charge on any atom is -0.480 e. The van der Waals surface area contributed by atoms with Gasteiger partial charge in [-0.1, -0.05) is 6.92 Å². The lowest BCUT2D eigenvalue weighted by Crippen LogP contribution is -2.48. The van der Waals surface area contributed by atoms with Crippen molar-refractivity contribution in [2.45, 2.75) is 50.9 Å². The molecule has 0 radical (unpaired) electrons. The fraction of sp³-hybridized carbons (Fsp3) is 0.867. The molecular formula is C15H26FN3O4S. The van der Waals surface area contributed by atoms with Crippen LogP contribution in [-0.4, -0.2) is 48.4 Å². The average molecular weight is 363 g/mol. The van der Waals surface area contributed by atoms with Crippen molar-refractivity contribution in [3.05, 3.63) is 0 Å². The largest absolute Gasteiger partial charge is 0.480 e. The van der Waals surface area contributed by atoms with Gasteiger partial charge in [-0.2, -0.15) is 0 Å². The summed E-state index contributed by atoms with van der Waals surface area (Å²) in [6.07, 6.45) is 1.09. The number of hydrogen-bond acceptors (Lipinski definition) is 6. The minimum absolute atomic E-state index is 0.0657. The van der Waals surface area contributed by atoms with Crippen molar-refractivity contribution >= 4 is 24.1 Å². The molecule has 1 saturated carbocycles. The zero-order valence-corrected chi connectivity index (χ0v) is 14.6. The summed E-state index contributed by atoms with van der Waals surface area (Å²) in [7, 11) is 0. The smallest absolute Gasteiger partial charge is 0.322 e. The monoisotopic (exact) mass is 363 g/mol. The van der Waals surface area contributed by atoms with Crippen molar-refractivity contribution in [1.29, 1.82) is 0 Å². The van der Waals surface area contributed by atoms with Gasteiger partial charge in [-0.05, 0) is 31.6 Å². The van der Waals surface area contributed by atoms with Crippen molar-refractivity contribution < 1.29 is 23.3 Å². The first-order valence-corrected chi connectivity index (χ1v) is 9.10. The number of hydrogen-bond donors (Lipinski definition) is 4. The number of aliphatic carboxylic acids is 1. The third-order valence-electron chi connectivity index (χ3n) is 4.95. The number of carbonyl (C=O) groups excluding carboxylic acids is 1. The summed E-state index contributed by atoms with van der Waals surface area (Å²) in [5, 5.41) is 11.3. The summed E-state index contributed by atoms with van der Waals surface area (Å²) in [6, 6.07) is -0.907. The number of rotatable bonds is 6. The van der Waals surface area contributed by atoms with Gasteiger partial charge in [0.1, 0.15) is 12.2 Å². The molecule has 0 aromatic rings. The van der Waals surface area contributed by atoms with E-state index in [-0.39, 0.29) is 36.8 Å². The second-order valence-electron chi connectivity index (χ2n) is 6.62. The van der Waals surface area contributed by atoms with Crippen LogP contribution in [0.4, 0.5) is 4.39 Å². The molecule has 0 aromatic heterocycles. The number of alkyl halides is 1. The maximum atomic E-state index is 14.2. The summed E-state index contributed by atoms with van der Waals surface area (Å²) in [6.45, 7) is 2.48. The van der Waals surface area contributed by atoms with Gasteiger partial charge in [0.2, 0.25) is 5.91 Å². The molecule has 6 unspecified atom stereocenters. The van der Waals surface area contributed by atoms with E-state index in [0.29, 0.717) is 19.4 Å². The van der Waals surface area contributed by atoms with E-state index in [2.05, 4.69) is 17.0 Å². The summed E-state index contributed by atoms with van der Waals surface area (Å²) in [5.74, 6) is -1.70. The Morgan fingerprint density at radius 3 is 2.88 bits per heavy atom. The molecule has 2 fully saturated rings. The van der Waals surface area contributed by atoms with Crippen molar-refractivity contribution in [3.8, 4) is 0 Å². The number of carboxylic acids is 1. The number of carbonyl (C=O) groups is 2. The standard InChI is InChI=1S/C15H26FN3O4S/c1-2-13-11(7-23-24-19-13)8-3-9(5-10(16)4-8)14(20)18-6-12(17)15(21)22/h8-13,19H,2-7,17H2,1H3,(H,18,20)(H,21,22). The fourth-order valence-corrected chi connectivity index (χ4v) is 4.32. The van der Waals surface area contributed by atoms with Gasteiger partial charge in [0, 0.05) is 24.4 Å². The van der Waals surface area contributed by atoms with Gasteiger partial charge < -0.3 is 20.3 Å². The Hall–Kier alpha value is -0.900. The van der Waals surface area contributed by atoms with E-state index in [1.165, 1.54) is 12.2 Å². The zero-order chi connectivity index (χ0) is 17.7. The normalized spacial score (nSPS) is 35.2. The third-order valence-corrected chi connectivity index (χ3v) is 5.60. The number of nitrogens with two attached hydrogens (primary N) is 1. The Balaban J connectivity index is 1.94. The first kappa shape index (κ1) is 19.4. The molecule has 138 valence electrons. The van der Waals surface area contributed by atoms with Crippen LogP contribution in [0.5, 0.6) is 0 Å². The van der Waals surface area contributed by atoms with E-state index < -0.39 is 24.1 Å². The summed E-state index contributed by atoms with van der Waals surface area (Å²) >= 11 is 1.22. The minimum atomic E-state index is -1.17. The Bertz CT molecular complexity index is 456. The van der Waals surface area contributed by atoms with Gasteiger partial charge in [0.15, 0.2) is 0 Å². The maximum Gasteiger partial charge on any atom is 0.322 e. The summed E-state index contributed by atoms with van der Waals surface area (Å²) < 4.78 is 22.8. The number of nitrogens with one attached hydrogen (secondary N) is 2. The third kappa shape index (κ3) is 5.05. The van der Waals surface area contributed by atoms with E-state index in [4.69, 9.17) is 15.0 Å². The lowest BCUT2D eigenvalue weighted by atomic mass is 9.71. The number of halogens is 1. The molecule has 5 N–H and O–H groups in total. The molecule has 1 heterocycles. The topological polar surface area (TPSA) is 114 Å². The molecule has 24 heavy (non-hydrogen) atoms. The molecule has 1 aliphatic heterocycles. The van der Waals surface area contributed by atoms with Crippen LogP contribution in [-0.2, 0) is 13.8 Å². The van der Waals surface area contributed by atoms with E-state index in [0.717, 1.165) is 6.42 Å². The van der Waals surface area contributed by atoms with E-state index in [1.54, 1.807) is 0 Å². The van der Waals surface area contributed by atoms with Crippen LogP contribution in [0.1, 0.15) is 32.6 Å². The van der Waals surface area contributed by atoms with E-state index in [1.807, 2.05) is 0 Å². The highest BCUT2D eigenvalue weighted by Gasteiger charge is 2.40. The van der Waals surface area contributed by atoms with Gasteiger partial charge >= 0.3 is 5.97 Å². The molecule has 1 aliphatic carbocycles. The van der Waals surface area contributed by atoms with Crippen molar-refractivity contribution in [2.75, 3.05) is 13.2 Å². The summed E-state index contributed by atoms with van der Waals surface area (Å²) in [4.78, 5) is 23.0. The predicted octanol–water partition coefficient (Wildman–Crippen LogP) is 0.847. The molecule has 0 aromatic carbocycles. The molecule has 7 nitrogen and oxygen atoms in total. The first-order valence-electron chi connectivity index (χ1n) is 8.36. The molecular weight excluding hydrogens is 337 g/mol. The number of amides is 1. The van der Waals surface area contributed by atoms with E-state index in [9.17, 15) is 14.0 Å². The van der Waals surface area contributed by atoms with Crippen LogP contribution in [0.2, 0.25) is 0 Å². The van der Waals surface area contributed by atoms with Crippen LogP contribution < -0.4 is 15.8 Å². The Kier molecular flexibility index (Phi) is 7.27.